The summed E-state index contributed by atoms with van der Waals surface area (Å²) >= 11 is 5.95. The second-order valence-corrected chi connectivity index (χ2v) is 5.61. The molecule has 0 aliphatic rings. The van der Waals surface area contributed by atoms with Crippen LogP contribution in [0.25, 0.3) is 11.5 Å². The number of aryl methyl sites for hydroxylation is 1. The molecule has 1 heterocycles. The van der Waals surface area contributed by atoms with E-state index in [1.807, 2.05) is 13.0 Å². The summed E-state index contributed by atoms with van der Waals surface area (Å²) in [4.78, 5) is 14.9. The van der Waals surface area contributed by atoms with Gasteiger partial charge in [-0.25, -0.2) is 4.98 Å². The van der Waals surface area contributed by atoms with Crippen molar-refractivity contribution in [3.63, 3.8) is 0 Å². The maximum absolute atomic E-state index is 11.0. The summed E-state index contributed by atoms with van der Waals surface area (Å²) in [6.07, 6.45) is 1.46. The van der Waals surface area contributed by atoms with E-state index in [0.29, 0.717) is 16.6 Å². The van der Waals surface area contributed by atoms with E-state index in [9.17, 15) is 10.1 Å². The fourth-order valence-electron chi connectivity index (χ4n) is 2.17. The topological polar surface area (TPSA) is 78.4 Å². The van der Waals surface area contributed by atoms with Crippen molar-refractivity contribution in [2.45, 2.75) is 13.5 Å². The molecule has 0 aliphatic heterocycles. The Kier molecular flexibility index (Phi) is 4.48. The SMILES string of the molecule is Cc1ccc([N+](=O)[O-])c(OCc2coc(-c3cccc(Cl)c3)n2)c1. The van der Waals surface area contributed by atoms with Crippen LogP contribution in [0.5, 0.6) is 5.75 Å². The van der Waals surface area contributed by atoms with E-state index in [-0.39, 0.29) is 18.0 Å². The number of halogens is 1. The largest absolute Gasteiger partial charge is 0.480 e. The average molecular weight is 345 g/mol. The Bertz CT molecular complexity index is 892. The third-order valence-corrected chi connectivity index (χ3v) is 3.55. The monoisotopic (exact) mass is 344 g/mol. The molecule has 3 rings (SSSR count). The Balaban J connectivity index is 1.77. The molecule has 0 N–H and O–H groups in total. The van der Waals surface area contributed by atoms with Gasteiger partial charge in [0.05, 0.1) is 4.92 Å². The molecule has 0 bridgehead atoms. The number of aromatic nitrogens is 1. The van der Waals surface area contributed by atoms with Gasteiger partial charge in [-0.05, 0) is 36.8 Å². The first-order chi connectivity index (χ1) is 11.5. The van der Waals surface area contributed by atoms with Crippen molar-refractivity contribution in [3.8, 4) is 17.2 Å². The van der Waals surface area contributed by atoms with Crippen LogP contribution in [0, 0.1) is 17.0 Å². The van der Waals surface area contributed by atoms with E-state index >= 15 is 0 Å². The van der Waals surface area contributed by atoms with Gasteiger partial charge in [-0.15, -0.1) is 0 Å². The van der Waals surface area contributed by atoms with Crippen molar-refractivity contribution in [2.75, 3.05) is 0 Å². The highest BCUT2D eigenvalue weighted by Gasteiger charge is 2.16. The highest BCUT2D eigenvalue weighted by molar-refractivity contribution is 6.30. The first-order valence-corrected chi connectivity index (χ1v) is 7.49. The van der Waals surface area contributed by atoms with Crippen LogP contribution in [0.2, 0.25) is 5.02 Å². The Morgan fingerprint density at radius 2 is 2.12 bits per heavy atom. The molecule has 7 heteroatoms. The van der Waals surface area contributed by atoms with Crippen LogP contribution >= 0.6 is 11.6 Å². The van der Waals surface area contributed by atoms with Crippen LogP contribution in [0.1, 0.15) is 11.3 Å². The third kappa shape index (κ3) is 3.55. The Morgan fingerprint density at radius 1 is 1.29 bits per heavy atom. The lowest BCUT2D eigenvalue weighted by atomic mass is 10.2. The van der Waals surface area contributed by atoms with Crippen molar-refractivity contribution in [2.24, 2.45) is 0 Å². The maximum atomic E-state index is 11.0. The van der Waals surface area contributed by atoms with Crippen LogP contribution in [0.15, 0.2) is 53.1 Å². The van der Waals surface area contributed by atoms with Crippen LogP contribution in [0.4, 0.5) is 5.69 Å². The number of benzene rings is 2. The highest BCUT2D eigenvalue weighted by Crippen LogP contribution is 2.29. The minimum Gasteiger partial charge on any atom is -0.480 e. The summed E-state index contributed by atoms with van der Waals surface area (Å²) in [6, 6.07) is 11.8. The molecule has 0 unspecified atom stereocenters. The maximum Gasteiger partial charge on any atom is 0.310 e. The smallest absolute Gasteiger partial charge is 0.310 e. The van der Waals surface area contributed by atoms with Gasteiger partial charge in [0.2, 0.25) is 5.89 Å². The average Bonchev–Trinajstić information content (AvgIpc) is 3.01. The number of ether oxygens (including phenoxy) is 1. The first-order valence-electron chi connectivity index (χ1n) is 7.11. The molecule has 0 spiro atoms. The van der Waals surface area contributed by atoms with E-state index < -0.39 is 4.92 Å². The predicted octanol–water partition coefficient (Wildman–Crippen LogP) is 4.79. The number of nitro groups is 1. The van der Waals surface area contributed by atoms with Gasteiger partial charge in [-0.2, -0.15) is 0 Å². The highest BCUT2D eigenvalue weighted by atomic mass is 35.5. The molecule has 6 nitrogen and oxygen atoms in total. The quantitative estimate of drug-likeness (QED) is 0.491. The minimum absolute atomic E-state index is 0.0638. The normalized spacial score (nSPS) is 10.6. The van der Waals surface area contributed by atoms with Gasteiger partial charge in [0.25, 0.3) is 0 Å². The summed E-state index contributed by atoms with van der Waals surface area (Å²) < 4.78 is 11.0. The van der Waals surface area contributed by atoms with Gasteiger partial charge in [-0.3, -0.25) is 10.1 Å². The second-order valence-electron chi connectivity index (χ2n) is 5.17. The van der Waals surface area contributed by atoms with Gasteiger partial charge in [0.15, 0.2) is 5.75 Å². The lowest BCUT2D eigenvalue weighted by molar-refractivity contribution is -0.386. The van der Waals surface area contributed by atoms with E-state index in [0.717, 1.165) is 11.1 Å². The number of nitrogens with zero attached hydrogens (tertiary/aromatic N) is 2. The van der Waals surface area contributed by atoms with Crippen LogP contribution in [-0.2, 0) is 6.61 Å². The van der Waals surface area contributed by atoms with Gasteiger partial charge in [-0.1, -0.05) is 23.7 Å². The van der Waals surface area contributed by atoms with Crippen molar-refractivity contribution < 1.29 is 14.1 Å². The Labute approximate surface area is 142 Å². The molecule has 0 radical (unpaired) electrons. The van der Waals surface area contributed by atoms with E-state index in [1.54, 1.807) is 30.3 Å². The zero-order valence-electron chi connectivity index (χ0n) is 12.7. The van der Waals surface area contributed by atoms with Crippen molar-refractivity contribution in [1.82, 2.24) is 4.98 Å². The number of nitro benzene ring substituents is 1. The lowest BCUT2D eigenvalue weighted by Gasteiger charge is -2.05. The first kappa shape index (κ1) is 16.0. The molecule has 122 valence electrons. The molecular formula is C17H13ClN2O4. The van der Waals surface area contributed by atoms with Crippen molar-refractivity contribution >= 4 is 17.3 Å². The van der Waals surface area contributed by atoms with Gasteiger partial charge in [0.1, 0.15) is 18.6 Å². The number of rotatable bonds is 5. The standard InChI is InChI=1S/C17H13ClN2O4/c1-11-5-6-15(20(21)22)16(7-11)23-9-14-10-24-17(19-14)12-3-2-4-13(18)8-12/h2-8,10H,9H2,1H3. The molecule has 2 aromatic carbocycles. The fourth-order valence-corrected chi connectivity index (χ4v) is 2.36. The number of hydrogen-bond donors (Lipinski definition) is 0. The van der Waals surface area contributed by atoms with Gasteiger partial charge in [0, 0.05) is 16.7 Å². The molecule has 0 fully saturated rings. The van der Waals surface area contributed by atoms with E-state index in [4.69, 9.17) is 20.8 Å². The summed E-state index contributed by atoms with van der Waals surface area (Å²) in [7, 11) is 0. The molecule has 0 atom stereocenters. The Morgan fingerprint density at radius 3 is 2.88 bits per heavy atom. The third-order valence-electron chi connectivity index (χ3n) is 3.31. The van der Waals surface area contributed by atoms with Crippen LogP contribution < -0.4 is 4.74 Å². The van der Waals surface area contributed by atoms with E-state index in [2.05, 4.69) is 4.98 Å². The molecule has 3 aromatic rings. The summed E-state index contributed by atoms with van der Waals surface area (Å²) in [5, 5.41) is 11.6. The molecule has 0 saturated heterocycles. The van der Waals surface area contributed by atoms with Gasteiger partial charge < -0.3 is 9.15 Å². The Hall–Kier alpha value is -2.86. The fraction of sp³-hybridized carbons (Fsp3) is 0.118. The zero-order chi connectivity index (χ0) is 17.1. The van der Waals surface area contributed by atoms with Crippen LogP contribution in [-0.4, -0.2) is 9.91 Å². The van der Waals surface area contributed by atoms with Crippen molar-refractivity contribution in [1.29, 1.82) is 0 Å². The summed E-state index contributed by atoms with van der Waals surface area (Å²) in [5.74, 6) is 0.613. The van der Waals surface area contributed by atoms with Gasteiger partial charge >= 0.3 is 5.69 Å². The van der Waals surface area contributed by atoms with Crippen LogP contribution in [0.3, 0.4) is 0 Å². The zero-order valence-corrected chi connectivity index (χ0v) is 13.5. The second kappa shape index (κ2) is 6.72. The van der Waals surface area contributed by atoms with E-state index in [1.165, 1.54) is 12.3 Å². The predicted molar refractivity (Wildman–Crippen MR) is 89.1 cm³/mol. The number of hydrogen-bond acceptors (Lipinski definition) is 5. The molecule has 0 saturated carbocycles. The molecule has 0 amide bonds. The summed E-state index contributed by atoms with van der Waals surface area (Å²) in [6.45, 7) is 1.90. The summed E-state index contributed by atoms with van der Waals surface area (Å²) in [5.41, 5.74) is 2.06. The molecular weight excluding hydrogens is 332 g/mol. The lowest BCUT2D eigenvalue weighted by Crippen LogP contribution is -2.00. The number of oxazole rings is 1. The molecule has 0 aliphatic carbocycles. The molecule has 1 aromatic heterocycles. The minimum atomic E-state index is -0.477. The van der Waals surface area contributed by atoms with Crippen molar-refractivity contribution in [3.05, 3.63) is 75.1 Å². The molecule has 24 heavy (non-hydrogen) atoms.